The summed E-state index contributed by atoms with van der Waals surface area (Å²) in [7, 11) is 0. The average Bonchev–Trinajstić information content (AvgIpc) is 3.52. The van der Waals surface area contributed by atoms with E-state index in [9.17, 15) is 19.8 Å². The van der Waals surface area contributed by atoms with Gasteiger partial charge < -0.3 is 20.3 Å². The van der Waals surface area contributed by atoms with Crippen molar-refractivity contribution >= 4 is 11.9 Å². The molecule has 1 amide bonds. The number of aliphatic hydroxyl groups excluding tert-OH is 2. The monoisotopic (exact) mass is 1180 g/mol. The maximum absolute atomic E-state index is 12.5. The Hall–Kier alpha value is -1.66. The molecule has 0 saturated heterocycles. The molecule has 0 aliphatic carbocycles. The van der Waals surface area contributed by atoms with Crippen molar-refractivity contribution in [1.29, 1.82) is 0 Å². The summed E-state index contributed by atoms with van der Waals surface area (Å²) >= 11 is 0. The number of carbonyl (C=O) groups is 2. The van der Waals surface area contributed by atoms with Crippen LogP contribution in [-0.2, 0) is 14.3 Å². The third-order valence-electron chi connectivity index (χ3n) is 18.3. The first-order chi connectivity index (χ1) is 41.5. The summed E-state index contributed by atoms with van der Waals surface area (Å²) < 4.78 is 5.51. The maximum Gasteiger partial charge on any atom is 0.305 e. The van der Waals surface area contributed by atoms with Crippen LogP contribution in [0.1, 0.15) is 438 Å². The fraction of sp³-hybridized carbons (Fsp3) is 0.923. The van der Waals surface area contributed by atoms with Crippen LogP contribution in [0.4, 0.5) is 0 Å². The Labute approximate surface area is 526 Å². The van der Waals surface area contributed by atoms with Crippen molar-refractivity contribution in [3.8, 4) is 0 Å². The van der Waals surface area contributed by atoms with Gasteiger partial charge in [-0.25, -0.2) is 0 Å². The lowest BCUT2D eigenvalue weighted by atomic mass is 10.0. The summed E-state index contributed by atoms with van der Waals surface area (Å²) in [6.45, 7) is 5.00. The minimum Gasteiger partial charge on any atom is -0.466 e. The van der Waals surface area contributed by atoms with Crippen molar-refractivity contribution in [2.24, 2.45) is 0 Å². The molecule has 0 saturated carbocycles. The Balaban J connectivity index is 3.37. The zero-order valence-electron chi connectivity index (χ0n) is 57.2. The molecule has 3 N–H and O–H groups in total. The Kier molecular flexibility index (Phi) is 72.3. The van der Waals surface area contributed by atoms with Crippen molar-refractivity contribution in [3.05, 3.63) is 24.3 Å². The molecule has 0 radical (unpaired) electrons. The van der Waals surface area contributed by atoms with E-state index in [1.807, 2.05) is 0 Å². The van der Waals surface area contributed by atoms with Gasteiger partial charge in [-0.05, 0) is 57.8 Å². The molecule has 0 aliphatic heterocycles. The molecular formula is C78H151NO5. The van der Waals surface area contributed by atoms with Gasteiger partial charge in [-0.3, -0.25) is 9.59 Å². The van der Waals surface area contributed by atoms with Gasteiger partial charge in [-0.2, -0.15) is 0 Å². The maximum atomic E-state index is 12.5. The van der Waals surface area contributed by atoms with Crippen LogP contribution in [-0.4, -0.2) is 47.4 Å². The Bertz CT molecular complexity index is 1320. The highest BCUT2D eigenvalue weighted by Gasteiger charge is 2.20. The van der Waals surface area contributed by atoms with E-state index in [0.717, 1.165) is 44.9 Å². The quantitative estimate of drug-likeness (QED) is 0.0320. The van der Waals surface area contributed by atoms with E-state index < -0.39 is 12.1 Å². The number of carbonyl (C=O) groups excluding carboxylic acids is 2. The predicted molar refractivity (Wildman–Crippen MR) is 370 cm³/mol. The van der Waals surface area contributed by atoms with Crippen molar-refractivity contribution < 1.29 is 24.5 Å². The summed E-state index contributed by atoms with van der Waals surface area (Å²) in [6.07, 6.45) is 94.0. The van der Waals surface area contributed by atoms with Gasteiger partial charge >= 0.3 is 5.97 Å². The molecule has 0 spiro atoms. The van der Waals surface area contributed by atoms with E-state index in [-0.39, 0.29) is 18.5 Å². The topological polar surface area (TPSA) is 95.9 Å². The van der Waals surface area contributed by atoms with Crippen molar-refractivity contribution in [1.82, 2.24) is 5.32 Å². The molecule has 0 heterocycles. The van der Waals surface area contributed by atoms with E-state index >= 15 is 0 Å². The lowest BCUT2D eigenvalue weighted by Crippen LogP contribution is -2.45. The lowest BCUT2D eigenvalue weighted by Gasteiger charge is -2.22. The molecule has 0 fully saturated rings. The SMILES string of the molecule is CCCCCCCCCCCCCCCCCCCCC(=O)OCCCCCCCCCCC/C=C\C/C=C\CCCCCCCCCCCCCCCCCC(=O)NC(CO)C(O)CCCCCCCCCCCCCCCCCCCC. The van der Waals surface area contributed by atoms with Crippen LogP contribution >= 0.6 is 0 Å². The van der Waals surface area contributed by atoms with Crippen LogP contribution in [0.2, 0.25) is 0 Å². The third kappa shape index (κ3) is 69.4. The molecule has 2 unspecified atom stereocenters. The van der Waals surface area contributed by atoms with Crippen LogP contribution in [0.5, 0.6) is 0 Å². The number of allylic oxidation sites excluding steroid dienone is 4. The first kappa shape index (κ1) is 82.3. The second kappa shape index (κ2) is 73.8. The van der Waals surface area contributed by atoms with Crippen molar-refractivity contribution in [2.45, 2.75) is 450 Å². The van der Waals surface area contributed by atoms with Gasteiger partial charge in [0, 0.05) is 12.8 Å². The summed E-state index contributed by atoms with van der Waals surface area (Å²) in [5, 5.41) is 23.4. The number of rotatable bonds is 73. The second-order valence-electron chi connectivity index (χ2n) is 26.7. The average molecular weight is 1180 g/mol. The van der Waals surface area contributed by atoms with E-state index in [1.165, 1.54) is 360 Å². The fourth-order valence-electron chi connectivity index (χ4n) is 12.4. The second-order valence-corrected chi connectivity index (χ2v) is 26.7. The van der Waals surface area contributed by atoms with E-state index in [1.54, 1.807) is 0 Å². The standard InChI is InChI=1S/C78H151NO5/c1-3-5-7-9-11-13-15-17-19-21-38-42-46-50-54-58-62-66-70-76(81)75(74-80)79-77(82)71-67-63-59-55-51-47-43-39-36-34-32-30-28-26-24-23-25-27-29-31-33-35-37-41-45-49-53-57-61-65-69-73-84-78(83)72-68-64-60-56-52-48-44-40-22-20-18-16-14-12-10-8-6-4-2/h25,27,31,33,75-76,80-81H,3-24,26,28-30,32,34-74H2,1-2H3,(H,79,82)/b27-25-,33-31-. The number of aliphatic hydroxyl groups is 2. The van der Waals surface area contributed by atoms with Crippen LogP contribution in [0.15, 0.2) is 24.3 Å². The smallest absolute Gasteiger partial charge is 0.305 e. The molecule has 6 nitrogen and oxygen atoms in total. The molecule has 84 heavy (non-hydrogen) atoms. The Morgan fingerprint density at radius 3 is 0.905 bits per heavy atom. The summed E-state index contributed by atoms with van der Waals surface area (Å²) in [5.41, 5.74) is 0. The fourth-order valence-corrected chi connectivity index (χ4v) is 12.4. The van der Waals surface area contributed by atoms with Crippen LogP contribution in [0, 0.1) is 0 Å². The van der Waals surface area contributed by atoms with Gasteiger partial charge in [0.25, 0.3) is 0 Å². The van der Waals surface area contributed by atoms with Crippen LogP contribution in [0.25, 0.3) is 0 Å². The largest absolute Gasteiger partial charge is 0.466 e. The zero-order chi connectivity index (χ0) is 60.6. The highest BCUT2D eigenvalue weighted by Crippen LogP contribution is 2.20. The molecule has 0 aromatic carbocycles. The molecule has 0 bridgehead atoms. The number of amides is 1. The van der Waals surface area contributed by atoms with Gasteiger partial charge in [0.2, 0.25) is 5.91 Å². The molecule has 498 valence electrons. The van der Waals surface area contributed by atoms with Gasteiger partial charge in [0.05, 0.1) is 25.4 Å². The van der Waals surface area contributed by atoms with E-state index in [2.05, 4.69) is 43.5 Å². The first-order valence-electron chi connectivity index (χ1n) is 38.6. The van der Waals surface area contributed by atoms with E-state index in [4.69, 9.17) is 4.74 Å². The number of ether oxygens (including phenoxy) is 1. The van der Waals surface area contributed by atoms with Crippen LogP contribution < -0.4 is 5.32 Å². The third-order valence-corrected chi connectivity index (χ3v) is 18.3. The van der Waals surface area contributed by atoms with Crippen LogP contribution in [0.3, 0.4) is 0 Å². The first-order valence-corrected chi connectivity index (χ1v) is 38.6. The number of unbranched alkanes of at least 4 members (excludes halogenated alkanes) is 58. The molecule has 2 atom stereocenters. The molecule has 0 aliphatic rings. The van der Waals surface area contributed by atoms with Gasteiger partial charge in [0.1, 0.15) is 0 Å². The lowest BCUT2D eigenvalue weighted by molar-refractivity contribution is -0.143. The van der Waals surface area contributed by atoms with Gasteiger partial charge in [-0.15, -0.1) is 0 Å². The number of esters is 1. The normalized spacial score (nSPS) is 12.6. The molecule has 0 aromatic heterocycles. The highest BCUT2D eigenvalue weighted by atomic mass is 16.5. The number of hydrogen-bond donors (Lipinski definition) is 3. The van der Waals surface area contributed by atoms with Crippen molar-refractivity contribution in [3.63, 3.8) is 0 Å². The Morgan fingerprint density at radius 2 is 0.595 bits per heavy atom. The minimum atomic E-state index is -0.664. The summed E-state index contributed by atoms with van der Waals surface area (Å²) in [5.74, 6) is -0.0115. The summed E-state index contributed by atoms with van der Waals surface area (Å²) in [6, 6.07) is -0.541. The summed E-state index contributed by atoms with van der Waals surface area (Å²) in [4.78, 5) is 24.7. The minimum absolute atomic E-state index is 0.0186. The molecule has 0 aromatic rings. The number of nitrogens with one attached hydrogen (secondary N) is 1. The molecule has 6 heteroatoms. The van der Waals surface area contributed by atoms with Crippen molar-refractivity contribution in [2.75, 3.05) is 13.2 Å². The molecule has 0 rings (SSSR count). The van der Waals surface area contributed by atoms with Gasteiger partial charge in [0.15, 0.2) is 0 Å². The molecular weight excluding hydrogens is 1030 g/mol. The van der Waals surface area contributed by atoms with Gasteiger partial charge in [-0.1, -0.05) is 391 Å². The Morgan fingerprint density at radius 1 is 0.333 bits per heavy atom. The number of hydrogen-bond acceptors (Lipinski definition) is 5. The zero-order valence-corrected chi connectivity index (χ0v) is 57.2. The highest BCUT2D eigenvalue weighted by molar-refractivity contribution is 5.76. The van der Waals surface area contributed by atoms with E-state index in [0.29, 0.717) is 25.9 Å². The predicted octanol–water partition coefficient (Wildman–Crippen LogP) is 25.3.